The lowest BCUT2D eigenvalue weighted by Gasteiger charge is -2.14. The number of ether oxygens (including phenoxy) is 2. The zero-order valence-corrected chi connectivity index (χ0v) is 19.4. The molecule has 2 heterocycles. The van der Waals surface area contributed by atoms with Crippen molar-refractivity contribution < 1.29 is 19.1 Å². The van der Waals surface area contributed by atoms with E-state index in [9.17, 15) is 9.59 Å². The van der Waals surface area contributed by atoms with Crippen molar-refractivity contribution in [2.45, 2.75) is 20.5 Å². The van der Waals surface area contributed by atoms with Crippen LogP contribution in [0, 0.1) is 0 Å². The molecule has 168 valence electrons. The molecule has 2 aromatic carbocycles. The van der Waals surface area contributed by atoms with E-state index in [-0.39, 0.29) is 12.5 Å². The van der Waals surface area contributed by atoms with E-state index in [4.69, 9.17) is 14.5 Å². The molecular weight excluding hydrogens is 438 g/mol. The van der Waals surface area contributed by atoms with Crippen LogP contribution in [0.1, 0.15) is 29.9 Å². The van der Waals surface area contributed by atoms with Crippen molar-refractivity contribution in [3.8, 4) is 17.0 Å². The van der Waals surface area contributed by atoms with Gasteiger partial charge in [-0.1, -0.05) is 18.2 Å². The number of hydrogen-bond acceptors (Lipinski definition) is 7. The molecule has 2 aromatic heterocycles. The van der Waals surface area contributed by atoms with E-state index in [1.807, 2.05) is 55.5 Å². The van der Waals surface area contributed by atoms with E-state index in [0.717, 1.165) is 11.3 Å². The summed E-state index contributed by atoms with van der Waals surface area (Å²) < 4.78 is 10.8. The van der Waals surface area contributed by atoms with Crippen LogP contribution in [0.4, 0.5) is 5.13 Å². The normalized spacial score (nSPS) is 10.8. The van der Waals surface area contributed by atoms with Gasteiger partial charge in [0.25, 0.3) is 0 Å². The number of rotatable bonds is 7. The summed E-state index contributed by atoms with van der Waals surface area (Å²) in [6.07, 6.45) is 0. The van der Waals surface area contributed by atoms with Crippen LogP contribution in [0.15, 0.2) is 60.0 Å². The molecule has 0 spiro atoms. The quantitative estimate of drug-likeness (QED) is 0.356. The maximum Gasteiger partial charge on any atom is 0.339 e. The fraction of sp³-hybridized carbons (Fsp3) is 0.200. The summed E-state index contributed by atoms with van der Waals surface area (Å²) in [5, 5.41) is 3.10. The third kappa shape index (κ3) is 4.85. The number of thiazole rings is 1. The van der Waals surface area contributed by atoms with Gasteiger partial charge in [-0.2, -0.15) is 0 Å². The van der Waals surface area contributed by atoms with Crippen LogP contribution in [0.2, 0.25) is 0 Å². The Hall–Kier alpha value is -3.78. The second-order valence-electron chi connectivity index (χ2n) is 7.26. The maximum absolute atomic E-state index is 13.1. The highest BCUT2D eigenvalue weighted by Crippen LogP contribution is 2.27. The Morgan fingerprint density at radius 2 is 1.82 bits per heavy atom. The summed E-state index contributed by atoms with van der Waals surface area (Å²) in [7, 11) is 1.61. The van der Waals surface area contributed by atoms with Crippen LogP contribution >= 0.6 is 11.3 Å². The van der Waals surface area contributed by atoms with Gasteiger partial charge in [0, 0.05) is 29.8 Å². The summed E-state index contributed by atoms with van der Waals surface area (Å²) in [6.45, 7) is 3.93. The summed E-state index contributed by atoms with van der Waals surface area (Å²) in [5.74, 6) is 0.203. The Labute approximate surface area is 195 Å². The second kappa shape index (κ2) is 9.79. The number of methoxy groups -OCH3 is 1. The van der Waals surface area contributed by atoms with E-state index in [1.54, 1.807) is 23.5 Å². The van der Waals surface area contributed by atoms with Crippen LogP contribution < -0.4 is 9.64 Å². The van der Waals surface area contributed by atoms with E-state index in [1.165, 1.54) is 18.3 Å². The predicted octanol–water partition coefficient (Wildman–Crippen LogP) is 5.10. The Morgan fingerprint density at radius 3 is 2.52 bits per heavy atom. The molecule has 0 saturated heterocycles. The lowest BCUT2D eigenvalue weighted by Crippen LogP contribution is -2.27. The van der Waals surface area contributed by atoms with Crippen molar-refractivity contribution in [1.82, 2.24) is 9.97 Å². The number of pyridine rings is 1. The summed E-state index contributed by atoms with van der Waals surface area (Å²) in [6, 6.07) is 16.7. The van der Waals surface area contributed by atoms with Crippen molar-refractivity contribution in [3.05, 3.63) is 71.2 Å². The van der Waals surface area contributed by atoms with Gasteiger partial charge in [-0.05, 0) is 43.3 Å². The minimum absolute atomic E-state index is 0.0132. The third-order valence-electron chi connectivity index (χ3n) is 5.14. The Morgan fingerprint density at radius 1 is 1.06 bits per heavy atom. The van der Waals surface area contributed by atoms with Crippen LogP contribution in [-0.2, 0) is 16.1 Å². The van der Waals surface area contributed by atoms with Crippen molar-refractivity contribution >= 4 is 39.2 Å². The van der Waals surface area contributed by atoms with Gasteiger partial charge in [-0.15, -0.1) is 11.3 Å². The molecular formula is C25H23N3O4S. The Kier molecular flexibility index (Phi) is 6.65. The molecule has 0 aliphatic heterocycles. The van der Waals surface area contributed by atoms with Crippen LogP contribution in [0.5, 0.6) is 5.75 Å². The SMILES string of the molecule is CCN(C(C)=O)c1nc(COC(=O)c2cc(-c3ccc(OC)cc3)nc3ccccc23)cs1. The fourth-order valence-electron chi connectivity index (χ4n) is 3.45. The largest absolute Gasteiger partial charge is 0.497 e. The van der Waals surface area contributed by atoms with Gasteiger partial charge in [0.05, 0.1) is 29.6 Å². The second-order valence-corrected chi connectivity index (χ2v) is 8.10. The zero-order valence-electron chi connectivity index (χ0n) is 18.6. The molecule has 4 rings (SSSR count). The predicted molar refractivity (Wildman–Crippen MR) is 129 cm³/mol. The number of benzene rings is 2. The van der Waals surface area contributed by atoms with E-state index in [2.05, 4.69) is 4.98 Å². The maximum atomic E-state index is 13.1. The lowest BCUT2D eigenvalue weighted by atomic mass is 10.0. The monoisotopic (exact) mass is 461 g/mol. The molecule has 0 fully saturated rings. The fourth-order valence-corrected chi connectivity index (χ4v) is 4.37. The number of anilines is 1. The summed E-state index contributed by atoms with van der Waals surface area (Å²) in [4.78, 5) is 35.5. The van der Waals surface area contributed by atoms with E-state index in [0.29, 0.717) is 39.5 Å². The number of esters is 1. The molecule has 0 bridgehead atoms. The van der Waals surface area contributed by atoms with Gasteiger partial charge in [-0.25, -0.2) is 14.8 Å². The van der Waals surface area contributed by atoms with Crippen molar-refractivity contribution in [1.29, 1.82) is 0 Å². The molecule has 8 heteroatoms. The molecule has 4 aromatic rings. The number of para-hydroxylation sites is 1. The van der Waals surface area contributed by atoms with Gasteiger partial charge in [0.15, 0.2) is 5.13 Å². The zero-order chi connectivity index (χ0) is 23.4. The topological polar surface area (TPSA) is 81.6 Å². The van der Waals surface area contributed by atoms with Gasteiger partial charge < -0.3 is 9.47 Å². The first-order valence-electron chi connectivity index (χ1n) is 10.4. The van der Waals surface area contributed by atoms with Gasteiger partial charge in [-0.3, -0.25) is 9.69 Å². The number of fused-ring (bicyclic) bond motifs is 1. The molecule has 0 unspecified atom stereocenters. The van der Waals surface area contributed by atoms with Gasteiger partial charge >= 0.3 is 5.97 Å². The third-order valence-corrected chi connectivity index (χ3v) is 6.05. The highest BCUT2D eigenvalue weighted by atomic mass is 32.1. The molecule has 0 saturated carbocycles. The minimum Gasteiger partial charge on any atom is -0.497 e. The molecule has 0 N–H and O–H groups in total. The first kappa shape index (κ1) is 22.4. The van der Waals surface area contributed by atoms with Crippen molar-refractivity contribution in [2.24, 2.45) is 0 Å². The molecule has 1 amide bonds. The van der Waals surface area contributed by atoms with Crippen LogP contribution in [0.25, 0.3) is 22.2 Å². The summed E-state index contributed by atoms with van der Waals surface area (Å²) in [5.41, 5.74) is 3.26. The molecule has 7 nitrogen and oxygen atoms in total. The average Bonchev–Trinajstić information content (AvgIpc) is 3.30. The first-order valence-corrected chi connectivity index (χ1v) is 11.3. The summed E-state index contributed by atoms with van der Waals surface area (Å²) >= 11 is 1.35. The molecule has 0 aliphatic rings. The Bertz CT molecular complexity index is 1300. The number of aromatic nitrogens is 2. The minimum atomic E-state index is -0.461. The standard InChI is InChI=1S/C25H23N3O4S/c1-4-28(16(2)29)25-26-18(15-33-25)14-32-24(30)21-13-23(17-9-11-19(31-3)12-10-17)27-22-8-6-5-7-20(21)22/h5-13,15H,4,14H2,1-3H3. The molecule has 0 radical (unpaired) electrons. The molecule has 0 aliphatic carbocycles. The van der Waals surface area contributed by atoms with Crippen molar-refractivity contribution in [3.63, 3.8) is 0 Å². The highest BCUT2D eigenvalue weighted by Gasteiger charge is 2.17. The average molecular weight is 462 g/mol. The van der Waals surface area contributed by atoms with Gasteiger partial charge in [0.2, 0.25) is 5.91 Å². The van der Waals surface area contributed by atoms with E-state index < -0.39 is 5.97 Å². The molecule has 0 atom stereocenters. The number of amides is 1. The number of carbonyl (C=O) groups is 2. The smallest absolute Gasteiger partial charge is 0.339 e. The van der Waals surface area contributed by atoms with E-state index >= 15 is 0 Å². The van der Waals surface area contributed by atoms with Crippen molar-refractivity contribution in [2.75, 3.05) is 18.6 Å². The van der Waals surface area contributed by atoms with Crippen LogP contribution in [0.3, 0.4) is 0 Å². The highest BCUT2D eigenvalue weighted by molar-refractivity contribution is 7.14. The van der Waals surface area contributed by atoms with Gasteiger partial charge in [0.1, 0.15) is 12.4 Å². The number of nitrogens with zero attached hydrogens (tertiary/aromatic N) is 3. The lowest BCUT2D eigenvalue weighted by molar-refractivity contribution is -0.116. The Balaban J connectivity index is 1.60. The molecule has 33 heavy (non-hydrogen) atoms. The number of carbonyl (C=O) groups excluding carboxylic acids is 2. The van der Waals surface area contributed by atoms with Crippen LogP contribution in [-0.4, -0.2) is 35.5 Å². The number of hydrogen-bond donors (Lipinski definition) is 0. The first-order chi connectivity index (χ1) is 16.0.